The van der Waals surface area contributed by atoms with Gasteiger partial charge in [-0.05, 0) is 5.56 Å². The molecule has 1 N–H and O–H groups in total. The molecule has 3 rings (SSSR count). The van der Waals surface area contributed by atoms with Crippen molar-refractivity contribution in [3.63, 3.8) is 0 Å². The first-order valence-electron chi connectivity index (χ1n) is 6.99. The third-order valence-electron chi connectivity index (χ3n) is 3.16. The number of nitrogens with one attached hydrogen (secondary N) is 1. The number of rotatable bonds is 6. The van der Waals surface area contributed by atoms with Crippen molar-refractivity contribution in [3.05, 3.63) is 66.1 Å². The summed E-state index contributed by atoms with van der Waals surface area (Å²) in [6.45, 7) is 1.37. The van der Waals surface area contributed by atoms with E-state index in [2.05, 4.69) is 32.5 Å². The minimum Gasteiger partial charge on any atom is -0.481 e. The van der Waals surface area contributed by atoms with Gasteiger partial charge in [-0.1, -0.05) is 30.3 Å². The summed E-state index contributed by atoms with van der Waals surface area (Å²) in [7, 11) is 1.58. The van der Waals surface area contributed by atoms with Gasteiger partial charge in [-0.15, -0.1) is 0 Å². The molecule has 0 saturated heterocycles. The quantitative estimate of drug-likeness (QED) is 0.756. The highest BCUT2D eigenvalue weighted by atomic mass is 16.5. The first-order chi connectivity index (χ1) is 10.8. The summed E-state index contributed by atoms with van der Waals surface area (Å²) in [6.07, 6.45) is 5.52. The number of aromatic nitrogens is 4. The lowest BCUT2D eigenvalue weighted by Gasteiger charge is -2.04. The van der Waals surface area contributed by atoms with E-state index >= 15 is 0 Å². The topological polar surface area (TPSA) is 64.9 Å². The molecule has 2 heterocycles. The lowest BCUT2D eigenvalue weighted by molar-refractivity contribution is 0.397. The van der Waals surface area contributed by atoms with Gasteiger partial charge in [0.25, 0.3) is 0 Å². The molecule has 2 aromatic heterocycles. The normalized spacial score (nSPS) is 10.4. The molecule has 0 saturated carbocycles. The van der Waals surface area contributed by atoms with Crippen molar-refractivity contribution in [1.82, 2.24) is 19.7 Å². The first kappa shape index (κ1) is 14.1. The number of hydrogen-bond acceptors (Lipinski definition) is 5. The fraction of sp³-hybridized carbons (Fsp3) is 0.188. The smallest absolute Gasteiger partial charge is 0.226 e. The van der Waals surface area contributed by atoms with Crippen LogP contribution in [-0.2, 0) is 13.1 Å². The molecular weight excluding hydrogens is 278 g/mol. The Morgan fingerprint density at radius 1 is 1.14 bits per heavy atom. The summed E-state index contributed by atoms with van der Waals surface area (Å²) in [5.74, 6) is 1.08. The Bertz CT molecular complexity index is 726. The van der Waals surface area contributed by atoms with E-state index < -0.39 is 0 Å². The number of hydrogen-bond donors (Lipinski definition) is 1. The summed E-state index contributed by atoms with van der Waals surface area (Å²) in [6, 6.07) is 12.0. The van der Waals surface area contributed by atoms with Crippen LogP contribution in [0.3, 0.4) is 0 Å². The fourth-order valence-corrected chi connectivity index (χ4v) is 2.08. The Morgan fingerprint density at radius 3 is 2.82 bits per heavy atom. The van der Waals surface area contributed by atoms with Gasteiger partial charge in [0.15, 0.2) is 0 Å². The Morgan fingerprint density at radius 2 is 2.00 bits per heavy atom. The van der Waals surface area contributed by atoms with Gasteiger partial charge in [0.05, 0.1) is 19.9 Å². The van der Waals surface area contributed by atoms with E-state index in [0.717, 1.165) is 12.1 Å². The molecule has 0 unspecified atom stereocenters. The standard InChI is InChI=1S/C16H17N5O/c1-22-15-7-8-17-16(20-15)18-9-14-10-19-21(12-14)11-13-5-3-2-4-6-13/h2-8,10,12H,9,11H2,1H3,(H,17,18,20). The molecule has 0 bridgehead atoms. The first-order valence-corrected chi connectivity index (χ1v) is 6.99. The molecular formula is C16H17N5O. The Labute approximate surface area is 128 Å². The van der Waals surface area contributed by atoms with Crippen LogP contribution >= 0.6 is 0 Å². The van der Waals surface area contributed by atoms with Gasteiger partial charge in [-0.25, -0.2) is 4.98 Å². The monoisotopic (exact) mass is 295 g/mol. The van der Waals surface area contributed by atoms with Crippen LogP contribution in [0.15, 0.2) is 55.0 Å². The van der Waals surface area contributed by atoms with Gasteiger partial charge in [-0.3, -0.25) is 4.68 Å². The number of nitrogens with zero attached hydrogens (tertiary/aromatic N) is 4. The molecule has 3 aromatic rings. The highest BCUT2D eigenvalue weighted by Crippen LogP contribution is 2.09. The summed E-state index contributed by atoms with van der Waals surface area (Å²) in [4.78, 5) is 8.36. The second-order valence-corrected chi connectivity index (χ2v) is 4.81. The second-order valence-electron chi connectivity index (χ2n) is 4.81. The van der Waals surface area contributed by atoms with Crippen LogP contribution in [0.4, 0.5) is 5.95 Å². The zero-order valence-corrected chi connectivity index (χ0v) is 12.3. The summed E-state index contributed by atoms with van der Waals surface area (Å²) >= 11 is 0. The molecule has 0 amide bonds. The van der Waals surface area contributed by atoms with Gasteiger partial charge in [-0.2, -0.15) is 10.1 Å². The van der Waals surface area contributed by atoms with E-state index in [-0.39, 0.29) is 0 Å². The number of methoxy groups -OCH3 is 1. The summed E-state index contributed by atoms with van der Waals surface area (Å²) < 4.78 is 6.99. The average Bonchev–Trinajstić information content (AvgIpc) is 3.01. The molecule has 0 aliphatic carbocycles. The number of ether oxygens (including phenoxy) is 1. The predicted octanol–water partition coefficient (Wildman–Crippen LogP) is 2.34. The maximum atomic E-state index is 5.07. The third kappa shape index (κ3) is 3.60. The van der Waals surface area contributed by atoms with Crippen LogP contribution in [-0.4, -0.2) is 26.9 Å². The van der Waals surface area contributed by atoms with Crippen molar-refractivity contribution in [2.24, 2.45) is 0 Å². The summed E-state index contributed by atoms with van der Waals surface area (Å²) in [5.41, 5.74) is 2.29. The number of benzene rings is 1. The van der Waals surface area contributed by atoms with Crippen LogP contribution in [0.25, 0.3) is 0 Å². The van der Waals surface area contributed by atoms with Crippen molar-refractivity contribution < 1.29 is 4.74 Å². The Balaban J connectivity index is 1.59. The van der Waals surface area contributed by atoms with Crippen LogP contribution in [0.1, 0.15) is 11.1 Å². The molecule has 0 atom stereocenters. The predicted molar refractivity (Wildman–Crippen MR) is 83.7 cm³/mol. The molecule has 0 aliphatic rings. The largest absolute Gasteiger partial charge is 0.481 e. The molecule has 0 spiro atoms. The fourth-order valence-electron chi connectivity index (χ4n) is 2.08. The molecule has 0 aliphatic heterocycles. The highest BCUT2D eigenvalue weighted by molar-refractivity contribution is 5.28. The molecule has 1 aromatic carbocycles. The van der Waals surface area contributed by atoms with Crippen LogP contribution in [0.5, 0.6) is 5.88 Å². The van der Waals surface area contributed by atoms with Crippen molar-refractivity contribution in [1.29, 1.82) is 0 Å². The minimum atomic E-state index is 0.537. The van der Waals surface area contributed by atoms with Crippen LogP contribution in [0.2, 0.25) is 0 Å². The van der Waals surface area contributed by atoms with Crippen molar-refractivity contribution in [2.45, 2.75) is 13.1 Å². The van der Waals surface area contributed by atoms with E-state index in [4.69, 9.17) is 4.74 Å². The third-order valence-corrected chi connectivity index (χ3v) is 3.16. The van der Waals surface area contributed by atoms with Gasteiger partial charge in [0, 0.05) is 30.6 Å². The van der Waals surface area contributed by atoms with Gasteiger partial charge in [0.1, 0.15) is 0 Å². The van der Waals surface area contributed by atoms with Crippen molar-refractivity contribution in [3.8, 4) is 5.88 Å². The molecule has 112 valence electrons. The van der Waals surface area contributed by atoms with E-state index in [1.807, 2.05) is 35.3 Å². The van der Waals surface area contributed by atoms with Crippen molar-refractivity contribution >= 4 is 5.95 Å². The van der Waals surface area contributed by atoms with Crippen LogP contribution in [0, 0.1) is 0 Å². The number of anilines is 1. The lowest BCUT2D eigenvalue weighted by atomic mass is 10.2. The zero-order chi connectivity index (χ0) is 15.2. The molecule has 0 radical (unpaired) electrons. The van der Waals surface area contributed by atoms with E-state index in [0.29, 0.717) is 18.4 Å². The second kappa shape index (κ2) is 6.71. The maximum Gasteiger partial charge on any atom is 0.226 e. The van der Waals surface area contributed by atoms with E-state index in [1.54, 1.807) is 19.4 Å². The average molecular weight is 295 g/mol. The molecule has 6 nitrogen and oxygen atoms in total. The molecule has 22 heavy (non-hydrogen) atoms. The lowest BCUT2D eigenvalue weighted by Crippen LogP contribution is -2.04. The SMILES string of the molecule is COc1ccnc(NCc2cnn(Cc3ccccc3)c2)n1. The van der Waals surface area contributed by atoms with E-state index in [1.165, 1.54) is 5.56 Å². The molecule has 0 fully saturated rings. The van der Waals surface area contributed by atoms with Gasteiger partial charge in [0.2, 0.25) is 11.8 Å². The van der Waals surface area contributed by atoms with Crippen LogP contribution < -0.4 is 10.1 Å². The molecule has 6 heteroatoms. The van der Waals surface area contributed by atoms with Crippen molar-refractivity contribution in [2.75, 3.05) is 12.4 Å². The minimum absolute atomic E-state index is 0.537. The highest BCUT2D eigenvalue weighted by Gasteiger charge is 2.02. The van der Waals surface area contributed by atoms with Gasteiger partial charge < -0.3 is 10.1 Å². The zero-order valence-electron chi connectivity index (χ0n) is 12.3. The van der Waals surface area contributed by atoms with E-state index in [9.17, 15) is 0 Å². The van der Waals surface area contributed by atoms with Gasteiger partial charge >= 0.3 is 0 Å². The summed E-state index contributed by atoms with van der Waals surface area (Å²) in [5, 5.41) is 7.53. The Hall–Kier alpha value is -2.89. The Kier molecular flexibility index (Phi) is 4.29. The maximum absolute atomic E-state index is 5.07.